The lowest BCUT2D eigenvalue weighted by atomic mass is 10.1. The molecule has 0 fully saturated rings. The minimum absolute atomic E-state index is 0.211. The fourth-order valence-corrected chi connectivity index (χ4v) is 3.63. The van der Waals surface area contributed by atoms with Crippen LogP contribution in [0.5, 0.6) is 5.75 Å². The Bertz CT molecular complexity index is 1180. The fourth-order valence-electron chi connectivity index (χ4n) is 2.91. The number of carbonyl (C=O) groups excluding carboxylic acids is 2. The van der Waals surface area contributed by atoms with Crippen molar-refractivity contribution in [1.82, 2.24) is 4.98 Å². The molecule has 3 aromatic carbocycles. The predicted molar refractivity (Wildman–Crippen MR) is 120 cm³/mol. The molecule has 0 spiro atoms. The molecule has 0 saturated heterocycles. The van der Waals surface area contributed by atoms with Crippen molar-refractivity contribution in [2.24, 2.45) is 0 Å². The van der Waals surface area contributed by atoms with Crippen LogP contribution in [-0.4, -0.2) is 23.4 Å². The Labute approximate surface area is 177 Å². The van der Waals surface area contributed by atoms with Crippen molar-refractivity contribution in [3.63, 3.8) is 0 Å². The van der Waals surface area contributed by atoms with E-state index in [-0.39, 0.29) is 11.8 Å². The zero-order valence-corrected chi connectivity index (χ0v) is 17.0. The number of hydrogen-bond donors (Lipinski definition) is 2. The number of hydrogen-bond acceptors (Lipinski definition) is 5. The van der Waals surface area contributed by atoms with Gasteiger partial charge in [-0.3, -0.25) is 9.59 Å². The number of carbonyl (C=O) groups is 2. The van der Waals surface area contributed by atoms with E-state index in [4.69, 9.17) is 4.74 Å². The summed E-state index contributed by atoms with van der Waals surface area (Å²) in [5.41, 5.74) is 4.97. The lowest BCUT2D eigenvalue weighted by Crippen LogP contribution is -2.13. The summed E-state index contributed by atoms with van der Waals surface area (Å²) >= 11 is 1.49. The quantitative estimate of drug-likeness (QED) is 0.452. The summed E-state index contributed by atoms with van der Waals surface area (Å²) in [6, 6.07) is 19.3. The maximum atomic E-state index is 12.5. The van der Waals surface area contributed by atoms with Gasteiger partial charge in [0.2, 0.25) is 0 Å². The number of amides is 2. The van der Waals surface area contributed by atoms with Crippen molar-refractivity contribution in [3.8, 4) is 5.75 Å². The molecular weight excluding hydrogens is 398 g/mol. The summed E-state index contributed by atoms with van der Waals surface area (Å²) in [4.78, 5) is 29.2. The van der Waals surface area contributed by atoms with E-state index in [1.807, 2.05) is 19.1 Å². The second-order valence-corrected chi connectivity index (χ2v) is 7.36. The van der Waals surface area contributed by atoms with Gasteiger partial charge in [-0.2, -0.15) is 0 Å². The molecular formula is C23H19N3O3S. The molecule has 0 aliphatic rings. The summed E-state index contributed by atoms with van der Waals surface area (Å²) in [6.45, 7) is 2.51. The summed E-state index contributed by atoms with van der Waals surface area (Å²) in [6.07, 6.45) is 0. The molecule has 4 aromatic rings. The number of aromatic nitrogens is 1. The Hall–Kier alpha value is -3.71. The Morgan fingerprint density at radius 1 is 0.867 bits per heavy atom. The lowest BCUT2D eigenvalue weighted by molar-refractivity contribution is 0.102. The molecule has 0 unspecified atom stereocenters. The number of fused-ring (bicyclic) bond motifs is 1. The van der Waals surface area contributed by atoms with Crippen molar-refractivity contribution in [2.45, 2.75) is 6.92 Å². The van der Waals surface area contributed by atoms with Crippen LogP contribution in [0.2, 0.25) is 0 Å². The van der Waals surface area contributed by atoms with Gasteiger partial charge >= 0.3 is 0 Å². The Morgan fingerprint density at radius 2 is 1.47 bits per heavy atom. The predicted octanol–water partition coefficient (Wildman–Crippen LogP) is 5.20. The minimum atomic E-state index is -0.229. The first kappa shape index (κ1) is 19.6. The van der Waals surface area contributed by atoms with E-state index in [0.29, 0.717) is 29.1 Å². The van der Waals surface area contributed by atoms with Crippen LogP contribution in [0, 0.1) is 0 Å². The number of benzene rings is 3. The van der Waals surface area contributed by atoms with Gasteiger partial charge in [0.05, 0.1) is 22.3 Å². The smallest absolute Gasteiger partial charge is 0.255 e. The van der Waals surface area contributed by atoms with Crippen molar-refractivity contribution < 1.29 is 14.3 Å². The summed E-state index contributed by atoms with van der Waals surface area (Å²) in [5.74, 6) is 0.314. The largest absolute Gasteiger partial charge is 0.494 e. The Morgan fingerprint density at radius 3 is 2.13 bits per heavy atom. The number of ether oxygens (including phenoxy) is 1. The standard InChI is InChI=1S/C23H19N3O3S/c1-2-29-19-10-8-18(9-11-19)25-22(27)15-3-6-17(7-4-15)26-23(28)16-5-12-20-21(13-16)30-14-24-20/h3-14H,2H2,1H3,(H,25,27)(H,26,28). The van der Waals surface area contributed by atoms with Crippen LogP contribution in [0.1, 0.15) is 27.6 Å². The van der Waals surface area contributed by atoms with Gasteiger partial charge in [0, 0.05) is 22.5 Å². The second-order valence-electron chi connectivity index (χ2n) is 6.48. The third kappa shape index (κ3) is 4.47. The summed E-state index contributed by atoms with van der Waals surface area (Å²) < 4.78 is 6.36. The molecule has 4 rings (SSSR count). The highest BCUT2D eigenvalue weighted by atomic mass is 32.1. The molecule has 1 heterocycles. The van der Waals surface area contributed by atoms with Gasteiger partial charge in [0.1, 0.15) is 5.75 Å². The monoisotopic (exact) mass is 417 g/mol. The molecule has 0 atom stereocenters. The number of nitrogens with zero attached hydrogens (tertiary/aromatic N) is 1. The van der Waals surface area contributed by atoms with E-state index in [0.717, 1.165) is 16.0 Å². The van der Waals surface area contributed by atoms with Gasteiger partial charge < -0.3 is 15.4 Å². The fraction of sp³-hybridized carbons (Fsp3) is 0.0870. The highest BCUT2D eigenvalue weighted by molar-refractivity contribution is 7.16. The number of nitrogens with one attached hydrogen (secondary N) is 2. The van der Waals surface area contributed by atoms with Crippen LogP contribution < -0.4 is 15.4 Å². The zero-order valence-electron chi connectivity index (χ0n) is 16.2. The molecule has 0 aliphatic carbocycles. The molecule has 0 bridgehead atoms. The second kappa shape index (κ2) is 8.75. The van der Waals surface area contributed by atoms with Crippen molar-refractivity contribution in [1.29, 1.82) is 0 Å². The van der Waals surface area contributed by atoms with E-state index in [2.05, 4.69) is 15.6 Å². The van der Waals surface area contributed by atoms with E-state index in [1.165, 1.54) is 11.3 Å². The van der Waals surface area contributed by atoms with Gasteiger partial charge in [0.15, 0.2) is 0 Å². The molecule has 6 nitrogen and oxygen atoms in total. The molecule has 0 radical (unpaired) electrons. The first-order chi connectivity index (χ1) is 14.6. The molecule has 1 aromatic heterocycles. The number of anilines is 2. The van der Waals surface area contributed by atoms with Crippen LogP contribution in [0.25, 0.3) is 10.2 Å². The zero-order chi connectivity index (χ0) is 20.9. The third-order valence-corrected chi connectivity index (χ3v) is 5.21. The van der Waals surface area contributed by atoms with Crippen LogP contribution in [0.3, 0.4) is 0 Å². The Balaban J connectivity index is 1.39. The van der Waals surface area contributed by atoms with Crippen LogP contribution >= 0.6 is 11.3 Å². The van der Waals surface area contributed by atoms with E-state index in [1.54, 1.807) is 60.1 Å². The minimum Gasteiger partial charge on any atom is -0.494 e. The first-order valence-corrected chi connectivity index (χ1v) is 10.3. The molecule has 150 valence electrons. The van der Waals surface area contributed by atoms with Crippen LogP contribution in [0.4, 0.5) is 11.4 Å². The average Bonchev–Trinajstić information content (AvgIpc) is 3.24. The lowest BCUT2D eigenvalue weighted by Gasteiger charge is -2.09. The van der Waals surface area contributed by atoms with Crippen LogP contribution in [0.15, 0.2) is 72.2 Å². The highest BCUT2D eigenvalue weighted by Crippen LogP contribution is 2.21. The normalized spacial score (nSPS) is 10.6. The first-order valence-electron chi connectivity index (χ1n) is 9.41. The summed E-state index contributed by atoms with van der Waals surface area (Å²) in [5, 5.41) is 5.69. The van der Waals surface area contributed by atoms with Crippen molar-refractivity contribution in [3.05, 3.63) is 83.4 Å². The molecule has 2 amide bonds. The molecule has 7 heteroatoms. The average molecular weight is 417 g/mol. The van der Waals surface area contributed by atoms with Crippen LogP contribution in [-0.2, 0) is 0 Å². The Kier molecular flexibility index (Phi) is 5.72. The van der Waals surface area contributed by atoms with Crippen molar-refractivity contribution >= 4 is 44.7 Å². The maximum Gasteiger partial charge on any atom is 0.255 e. The molecule has 2 N–H and O–H groups in total. The van der Waals surface area contributed by atoms with E-state index < -0.39 is 0 Å². The maximum absolute atomic E-state index is 12.5. The number of rotatable bonds is 6. The third-order valence-electron chi connectivity index (χ3n) is 4.42. The molecule has 30 heavy (non-hydrogen) atoms. The SMILES string of the molecule is CCOc1ccc(NC(=O)c2ccc(NC(=O)c3ccc4ncsc4c3)cc2)cc1. The van der Waals surface area contributed by atoms with Gasteiger partial charge in [-0.25, -0.2) is 4.98 Å². The topological polar surface area (TPSA) is 80.3 Å². The van der Waals surface area contributed by atoms with Gasteiger partial charge in [-0.15, -0.1) is 11.3 Å². The van der Waals surface area contributed by atoms with E-state index >= 15 is 0 Å². The summed E-state index contributed by atoms with van der Waals surface area (Å²) in [7, 11) is 0. The highest BCUT2D eigenvalue weighted by Gasteiger charge is 2.10. The number of thiazole rings is 1. The van der Waals surface area contributed by atoms with Gasteiger partial charge in [0.25, 0.3) is 11.8 Å². The van der Waals surface area contributed by atoms with E-state index in [9.17, 15) is 9.59 Å². The van der Waals surface area contributed by atoms with Crippen molar-refractivity contribution in [2.75, 3.05) is 17.2 Å². The molecule has 0 aliphatic heterocycles. The van der Waals surface area contributed by atoms with Gasteiger partial charge in [-0.05, 0) is 73.7 Å². The van der Waals surface area contributed by atoms with Gasteiger partial charge in [-0.1, -0.05) is 0 Å². The molecule has 0 saturated carbocycles.